The lowest BCUT2D eigenvalue weighted by molar-refractivity contribution is -0.114. The lowest BCUT2D eigenvalue weighted by Crippen LogP contribution is -2.34. The number of carbonyl (C=O) groups is 1. The van der Waals surface area contributed by atoms with Crippen LogP contribution in [0.5, 0.6) is 5.75 Å². The van der Waals surface area contributed by atoms with Crippen LogP contribution in [0.4, 0.5) is 5.69 Å². The van der Waals surface area contributed by atoms with Crippen molar-refractivity contribution in [1.82, 2.24) is 0 Å². The van der Waals surface area contributed by atoms with E-state index in [4.69, 9.17) is 4.74 Å². The van der Waals surface area contributed by atoms with Gasteiger partial charge in [-0.2, -0.15) is 0 Å². The first-order chi connectivity index (χ1) is 8.65. The normalized spacial score (nSPS) is 23.4. The number of carbonyl (C=O) groups excluding carboxylic acids is 1. The van der Waals surface area contributed by atoms with Gasteiger partial charge in [-0.05, 0) is 43.5 Å². The van der Waals surface area contributed by atoms with Gasteiger partial charge in [0, 0.05) is 12.6 Å². The summed E-state index contributed by atoms with van der Waals surface area (Å²) in [6, 6.07) is 7.22. The van der Waals surface area contributed by atoms with E-state index in [2.05, 4.69) is 5.32 Å². The summed E-state index contributed by atoms with van der Waals surface area (Å²) in [5.41, 5.74) is 0.749. The third kappa shape index (κ3) is 3.47. The van der Waals surface area contributed by atoms with E-state index in [9.17, 15) is 9.90 Å². The second-order valence-electron chi connectivity index (χ2n) is 4.71. The van der Waals surface area contributed by atoms with Gasteiger partial charge in [-0.15, -0.1) is 0 Å². The lowest BCUT2D eigenvalue weighted by atomic mass is 9.95. The number of ether oxygens (including phenoxy) is 1. The van der Waals surface area contributed by atoms with Crippen molar-refractivity contribution >= 4 is 11.6 Å². The lowest BCUT2D eigenvalue weighted by Gasteiger charge is -2.28. The van der Waals surface area contributed by atoms with Gasteiger partial charge in [-0.25, -0.2) is 0 Å². The molecule has 0 bridgehead atoms. The Labute approximate surface area is 107 Å². The molecule has 0 unspecified atom stereocenters. The predicted molar refractivity (Wildman–Crippen MR) is 69.6 cm³/mol. The SMILES string of the molecule is CC(=O)Nc1ccc(O[C@H]2CCCC[C@H]2O)cc1. The Morgan fingerprint density at radius 3 is 2.56 bits per heavy atom. The predicted octanol–water partition coefficient (Wildman–Crippen LogP) is 2.33. The quantitative estimate of drug-likeness (QED) is 0.864. The molecule has 1 fully saturated rings. The van der Waals surface area contributed by atoms with Crippen LogP contribution in [0, 0.1) is 0 Å². The maximum atomic E-state index is 10.9. The number of hydrogen-bond donors (Lipinski definition) is 2. The molecule has 1 aliphatic carbocycles. The highest BCUT2D eigenvalue weighted by molar-refractivity contribution is 5.88. The third-order valence-corrected chi connectivity index (χ3v) is 3.13. The van der Waals surface area contributed by atoms with Crippen LogP contribution >= 0.6 is 0 Å². The number of amides is 1. The van der Waals surface area contributed by atoms with Gasteiger partial charge in [0.25, 0.3) is 0 Å². The van der Waals surface area contributed by atoms with Crippen LogP contribution < -0.4 is 10.1 Å². The third-order valence-electron chi connectivity index (χ3n) is 3.13. The molecule has 2 rings (SSSR count). The smallest absolute Gasteiger partial charge is 0.221 e. The van der Waals surface area contributed by atoms with Crippen LogP contribution in [-0.2, 0) is 4.79 Å². The topological polar surface area (TPSA) is 58.6 Å². The average molecular weight is 249 g/mol. The van der Waals surface area contributed by atoms with Crippen LogP contribution in [0.3, 0.4) is 0 Å². The summed E-state index contributed by atoms with van der Waals surface area (Å²) >= 11 is 0. The first-order valence-electron chi connectivity index (χ1n) is 6.37. The molecule has 0 spiro atoms. The summed E-state index contributed by atoms with van der Waals surface area (Å²) < 4.78 is 5.76. The fourth-order valence-electron chi connectivity index (χ4n) is 2.21. The minimum atomic E-state index is -0.367. The van der Waals surface area contributed by atoms with Crippen LogP contribution in [0.25, 0.3) is 0 Å². The van der Waals surface area contributed by atoms with Crippen molar-refractivity contribution in [3.8, 4) is 5.75 Å². The number of rotatable bonds is 3. The monoisotopic (exact) mass is 249 g/mol. The van der Waals surface area contributed by atoms with Crippen molar-refractivity contribution < 1.29 is 14.6 Å². The van der Waals surface area contributed by atoms with Crippen molar-refractivity contribution in [3.63, 3.8) is 0 Å². The minimum absolute atomic E-state index is 0.0913. The van der Waals surface area contributed by atoms with Crippen LogP contribution in [-0.4, -0.2) is 23.2 Å². The summed E-state index contributed by atoms with van der Waals surface area (Å²) in [6.45, 7) is 1.47. The zero-order chi connectivity index (χ0) is 13.0. The Morgan fingerprint density at radius 2 is 1.94 bits per heavy atom. The number of hydrogen-bond acceptors (Lipinski definition) is 3. The molecule has 0 radical (unpaired) electrons. The Hall–Kier alpha value is -1.55. The molecule has 0 aromatic heterocycles. The highest BCUT2D eigenvalue weighted by Crippen LogP contribution is 2.24. The van der Waals surface area contributed by atoms with E-state index >= 15 is 0 Å². The van der Waals surface area contributed by atoms with E-state index < -0.39 is 0 Å². The molecule has 1 aliphatic rings. The molecular weight excluding hydrogens is 230 g/mol. The van der Waals surface area contributed by atoms with E-state index in [1.54, 1.807) is 12.1 Å². The van der Waals surface area contributed by atoms with Crippen LogP contribution in [0.1, 0.15) is 32.6 Å². The molecule has 1 amide bonds. The Bertz CT molecular complexity index is 402. The highest BCUT2D eigenvalue weighted by atomic mass is 16.5. The van der Waals surface area contributed by atoms with Gasteiger partial charge in [-0.1, -0.05) is 6.42 Å². The van der Waals surface area contributed by atoms with Gasteiger partial charge in [0.1, 0.15) is 11.9 Å². The summed E-state index contributed by atoms with van der Waals surface area (Å²) in [5, 5.41) is 12.5. The maximum Gasteiger partial charge on any atom is 0.221 e. The fourth-order valence-corrected chi connectivity index (χ4v) is 2.21. The van der Waals surface area contributed by atoms with Crippen molar-refractivity contribution in [1.29, 1.82) is 0 Å². The van der Waals surface area contributed by atoms with Crippen LogP contribution in [0.15, 0.2) is 24.3 Å². The molecule has 98 valence electrons. The number of benzene rings is 1. The Morgan fingerprint density at radius 1 is 1.28 bits per heavy atom. The zero-order valence-corrected chi connectivity index (χ0v) is 10.6. The van der Waals surface area contributed by atoms with Crippen molar-refractivity contribution in [3.05, 3.63) is 24.3 Å². The Balaban J connectivity index is 1.95. The zero-order valence-electron chi connectivity index (χ0n) is 10.6. The summed E-state index contributed by atoms with van der Waals surface area (Å²) in [5.74, 6) is 0.640. The number of anilines is 1. The molecule has 2 N–H and O–H groups in total. The summed E-state index contributed by atoms with van der Waals surface area (Å²) in [7, 11) is 0. The van der Waals surface area contributed by atoms with Crippen molar-refractivity contribution in [2.24, 2.45) is 0 Å². The molecule has 18 heavy (non-hydrogen) atoms. The molecule has 0 heterocycles. The van der Waals surface area contributed by atoms with E-state index in [-0.39, 0.29) is 18.1 Å². The van der Waals surface area contributed by atoms with Gasteiger partial charge in [0.05, 0.1) is 6.10 Å². The standard InChI is InChI=1S/C14H19NO3/c1-10(16)15-11-6-8-12(9-7-11)18-14-5-3-2-4-13(14)17/h6-9,13-14,17H,2-5H2,1H3,(H,15,16)/t13-,14+/m1/s1. The van der Waals surface area contributed by atoms with Crippen LogP contribution in [0.2, 0.25) is 0 Å². The Kier molecular flexibility index (Phi) is 4.20. The second kappa shape index (κ2) is 5.87. The van der Waals surface area contributed by atoms with Gasteiger partial charge in [0.15, 0.2) is 0 Å². The molecule has 0 saturated heterocycles. The fraction of sp³-hybridized carbons (Fsp3) is 0.500. The number of nitrogens with one attached hydrogen (secondary N) is 1. The molecule has 4 nitrogen and oxygen atoms in total. The molecule has 2 atom stereocenters. The number of aliphatic hydroxyl groups is 1. The first kappa shape index (κ1) is 12.9. The van der Waals surface area contributed by atoms with Gasteiger partial charge >= 0.3 is 0 Å². The van der Waals surface area contributed by atoms with E-state index in [1.165, 1.54) is 6.92 Å². The summed E-state index contributed by atoms with van der Waals surface area (Å²) in [6.07, 6.45) is 3.41. The highest BCUT2D eigenvalue weighted by Gasteiger charge is 2.24. The molecule has 1 aromatic carbocycles. The summed E-state index contributed by atoms with van der Waals surface area (Å²) in [4.78, 5) is 10.9. The van der Waals surface area contributed by atoms with Gasteiger partial charge in [-0.3, -0.25) is 4.79 Å². The largest absolute Gasteiger partial charge is 0.488 e. The van der Waals surface area contributed by atoms with E-state index in [1.807, 2.05) is 12.1 Å². The maximum absolute atomic E-state index is 10.9. The molecule has 0 aliphatic heterocycles. The first-order valence-corrected chi connectivity index (χ1v) is 6.37. The van der Waals surface area contributed by atoms with Gasteiger partial charge in [0.2, 0.25) is 5.91 Å². The average Bonchev–Trinajstić information content (AvgIpc) is 2.34. The van der Waals surface area contributed by atoms with Crippen molar-refractivity contribution in [2.45, 2.75) is 44.8 Å². The molecule has 1 aromatic rings. The molecule has 4 heteroatoms. The second-order valence-corrected chi connectivity index (χ2v) is 4.71. The number of aliphatic hydroxyl groups excluding tert-OH is 1. The van der Waals surface area contributed by atoms with Crippen molar-refractivity contribution in [2.75, 3.05) is 5.32 Å². The van der Waals surface area contributed by atoms with E-state index in [0.717, 1.165) is 37.1 Å². The molecule has 1 saturated carbocycles. The van der Waals surface area contributed by atoms with Gasteiger partial charge < -0.3 is 15.2 Å². The van der Waals surface area contributed by atoms with E-state index in [0.29, 0.717) is 0 Å². The minimum Gasteiger partial charge on any atom is -0.488 e. The molecular formula is C14H19NO3.